The lowest BCUT2D eigenvalue weighted by atomic mass is 10.2. The van der Waals surface area contributed by atoms with Crippen molar-refractivity contribution in [2.45, 2.75) is 26.2 Å². The van der Waals surface area contributed by atoms with E-state index in [2.05, 4.69) is 36.2 Å². The fourth-order valence-corrected chi connectivity index (χ4v) is 2.46. The molecule has 2 aromatic rings. The van der Waals surface area contributed by atoms with E-state index < -0.39 is 6.09 Å². The fourth-order valence-electron chi connectivity index (χ4n) is 2.46. The van der Waals surface area contributed by atoms with Gasteiger partial charge in [-0.3, -0.25) is 9.78 Å². The molecule has 0 saturated heterocycles. The summed E-state index contributed by atoms with van der Waals surface area (Å²) < 4.78 is 0. The van der Waals surface area contributed by atoms with Gasteiger partial charge in [-0.05, 0) is 37.0 Å². The maximum Gasteiger partial charge on any atom is 0.404 e. The van der Waals surface area contributed by atoms with E-state index in [1.807, 2.05) is 19.1 Å². The quantitative estimate of drug-likeness (QED) is 0.339. The smallest absolute Gasteiger partial charge is 0.404 e. The molecule has 0 aliphatic heterocycles. The SMILES string of the molecule is CCCNc1nc(NCCc2ccncc2)ncc1C(=O)NCCCNC(=O)O. The third-order valence-electron chi connectivity index (χ3n) is 3.94. The first-order valence-electron chi connectivity index (χ1n) is 9.58. The van der Waals surface area contributed by atoms with Crippen molar-refractivity contribution >= 4 is 23.8 Å². The average molecular weight is 401 g/mol. The molecule has 10 heteroatoms. The number of amides is 2. The third kappa shape index (κ3) is 7.99. The van der Waals surface area contributed by atoms with Gasteiger partial charge in [0.05, 0.1) is 0 Å². The van der Waals surface area contributed by atoms with Gasteiger partial charge in [-0.1, -0.05) is 6.92 Å². The lowest BCUT2D eigenvalue weighted by Gasteiger charge is -2.13. The van der Waals surface area contributed by atoms with Crippen LogP contribution in [0.2, 0.25) is 0 Å². The predicted molar refractivity (Wildman–Crippen MR) is 110 cm³/mol. The maximum absolute atomic E-state index is 12.4. The summed E-state index contributed by atoms with van der Waals surface area (Å²) in [6.45, 7) is 3.97. The Balaban J connectivity index is 1.92. The van der Waals surface area contributed by atoms with E-state index in [0.29, 0.717) is 43.4 Å². The van der Waals surface area contributed by atoms with Gasteiger partial charge in [-0.25, -0.2) is 9.78 Å². The van der Waals surface area contributed by atoms with Gasteiger partial charge in [0, 0.05) is 44.8 Å². The summed E-state index contributed by atoms with van der Waals surface area (Å²) in [7, 11) is 0. The first-order valence-corrected chi connectivity index (χ1v) is 9.58. The van der Waals surface area contributed by atoms with Crippen LogP contribution in [0, 0.1) is 0 Å². The molecule has 0 fully saturated rings. The first kappa shape index (κ1) is 21.9. The van der Waals surface area contributed by atoms with Crippen LogP contribution in [0.3, 0.4) is 0 Å². The Labute approximate surface area is 169 Å². The Hall–Kier alpha value is -3.43. The summed E-state index contributed by atoms with van der Waals surface area (Å²) in [5.74, 6) is 0.608. The number of nitrogens with zero attached hydrogens (tertiary/aromatic N) is 3. The van der Waals surface area contributed by atoms with Crippen molar-refractivity contribution in [1.82, 2.24) is 25.6 Å². The first-order chi connectivity index (χ1) is 14.1. The standard InChI is InChI=1S/C19H27N7O3/c1-2-7-21-16-15(17(27)22-8-3-9-24-19(28)29)13-25-18(26-16)23-12-6-14-4-10-20-11-5-14/h4-5,10-11,13,24H,2-3,6-9,12H2,1H3,(H,22,27)(H,28,29)(H2,21,23,25,26). The number of hydrogen-bond acceptors (Lipinski definition) is 7. The van der Waals surface area contributed by atoms with Gasteiger partial charge in [0.1, 0.15) is 11.4 Å². The van der Waals surface area contributed by atoms with Crippen molar-refractivity contribution in [2.24, 2.45) is 0 Å². The van der Waals surface area contributed by atoms with Crippen molar-refractivity contribution < 1.29 is 14.7 Å². The lowest BCUT2D eigenvalue weighted by Crippen LogP contribution is -2.30. The molecule has 0 bridgehead atoms. The Kier molecular flexibility index (Phi) is 9.13. The second-order valence-corrected chi connectivity index (χ2v) is 6.26. The number of aromatic nitrogens is 3. The molecular formula is C19H27N7O3. The minimum Gasteiger partial charge on any atom is -0.465 e. The van der Waals surface area contributed by atoms with Crippen LogP contribution in [0.5, 0.6) is 0 Å². The molecule has 0 aliphatic rings. The van der Waals surface area contributed by atoms with Gasteiger partial charge in [0.15, 0.2) is 0 Å². The van der Waals surface area contributed by atoms with E-state index in [1.54, 1.807) is 12.4 Å². The second kappa shape index (κ2) is 12.1. The van der Waals surface area contributed by atoms with Gasteiger partial charge in [0.25, 0.3) is 5.91 Å². The number of carboxylic acid groups (broad SMARTS) is 1. The normalized spacial score (nSPS) is 10.2. The van der Waals surface area contributed by atoms with Crippen LogP contribution in [0.15, 0.2) is 30.7 Å². The van der Waals surface area contributed by atoms with E-state index in [4.69, 9.17) is 5.11 Å². The molecular weight excluding hydrogens is 374 g/mol. The summed E-state index contributed by atoms with van der Waals surface area (Å²) in [4.78, 5) is 35.5. The predicted octanol–water partition coefficient (Wildman–Crippen LogP) is 1.74. The molecule has 0 saturated carbocycles. The number of carbonyl (C=O) groups excluding carboxylic acids is 1. The number of pyridine rings is 1. The molecule has 0 atom stereocenters. The molecule has 0 aliphatic carbocycles. The molecule has 5 N–H and O–H groups in total. The molecule has 2 heterocycles. The minimum atomic E-state index is -1.08. The van der Waals surface area contributed by atoms with Crippen LogP contribution >= 0.6 is 0 Å². The van der Waals surface area contributed by atoms with E-state index in [0.717, 1.165) is 18.4 Å². The topological polar surface area (TPSA) is 141 Å². The highest BCUT2D eigenvalue weighted by Gasteiger charge is 2.14. The lowest BCUT2D eigenvalue weighted by molar-refractivity contribution is 0.0953. The Morgan fingerprint density at radius 2 is 1.79 bits per heavy atom. The maximum atomic E-state index is 12.4. The largest absolute Gasteiger partial charge is 0.465 e. The van der Waals surface area contributed by atoms with Crippen LogP contribution in [0.1, 0.15) is 35.7 Å². The van der Waals surface area contributed by atoms with Gasteiger partial charge in [0.2, 0.25) is 5.95 Å². The molecule has 2 rings (SSSR count). The summed E-state index contributed by atoms with van der Waals surface area (Å²) in [5, 5.41) is 19.9. The van der Waals surface area contributed by atoms with Crippen molar-refractivity contribution in [3.8, 4) is 0 Å². The summed E-state index contributed by atoms with van der Waals surface area (Å²) in [6.07, 6.45) is 6.10. The molecule has 10 nitrogen and oxygen atoms in total. The zero-order valence-corrected chi connectivity index (χ0v) is 16.4. The average Bonchev–Trinajstić information content (AvgIpc) is 2.72. The third-order valence-corrected chi connectivity index (χ3v) is 3.94. The van der Waals surface area contributed by atoms with Crippen LogP contribution in [0.25, 0.3) is 0 Å². The minimum absolute atomic E-state index is 0.271. The molecule has 2 aromatic heterocycles. The van der Waals surface area contributed by atoms with Crippen molar-refractivity contribution in [2.75, 3.05) is 36.8 Å². The van der Waals surface area contributed by atoms with Gasteiger partial charge >= 0.3 is 6.09 Å². The molecule has 2 amide bonds. The number of nitrogens with one attached hydrogen (secondary N) is 4. The van der Waals surface area contributed by atoms with Crippen LogP contribution in [0.4, 0.5) is 16.6 Å². The number of anilines is 2. The number of rotatable bonds is 12. The van der Waals surface area contributed by atoms with Crippen molar-refractivity contribution in [1.29, 1.82) is 0 Å². The monoisotopic (exact) mass is 401 g/mol. The highest BCUT2D eigenvalue weighted by atomic mass is 16.4. The summed E-state index contributed by atoms with van der Waals surface area (Å²) >= 11 is 0. The Morgan fingerprint density at radius 1 is 1.03 bits per heavy atom. The van der Waals surface area contributed by atoms with Crippen LogP contribution in [-0.4, -0.2) is 58.2 Å². The van der Waals surface area contributed by atoms with Crippen molar-refractivity contribution in [3.63, 3.8) is 0 Å². The molecule has 156 valence electrons. The van der Waals surface area contributed by atoms with Gasteiger partial charge < -0.3 is 26.4 Å². The van der Waals surface area contributed by atoms with E-state index in [-0.39, 0.29) is 12.5 Å². The van der Waals surface area contributed by atoms with Gasteiger partial charge in [-0.15, -0.1) is 0 Å². The Morgan fingerprint density at radius 3 is 2.52 bits per heavy atom. The van der Waals surface area contributed by atoms with Crippen LogP contribution < -0.4 is 21.3 Å². The van der Waals surface area contributed by atoms with Gasteiger partial charge in [-0.2, -0.15) is 4.98 Å². The van der Waals surface area contributed by atoms with E-state index >= 15 is 0 Å². The molecule has 0 aromatic carbocycles. The van der Waals surface area contributed by atoms with E-state index in [9.17, 15) is 9.59 Å². The fraction of sp³-hybridized carbons (Fsp3) is 0.421. The highest BCUT2D eigenvalue weighted by Crippen LogP contribution is 2.14. The number of carbonyl (C=O) groups is 2. The zero-order chi connectivity index (χ0) is 20.9. The molecule has 0 radical (unpaired) electrons. The summed E-state index contributed by atoms with van der Waals surface area (Å²) in [6, 6.07) is 3.91. The highest BCUT2D eigenvalue weighted by molar-refractivity contribution is 5.98. The van der Waals surface area contributed by atoms with Crippen LogP contribution in [-0.2, 0) is 6.42 Å². The Bertz CT molecular complexity index is 787. The second-order valence-electron chi connectivity index (χ2n) is 6.26. The van der Waals surface area contributed by atoms with Crippen molar-refractivity contribution in [3.05, 3.63) is 41.9 Å². The molecule has 0 spiro atoms. The molecule has 29 heavy (non-hydrogen) atoms. The summed E-state index contributed by atoms with van der Waals surface area (Å²) in [5.41, 5.74) is 1.51. The van der Waals surface area contributed by atoms with E-state index in [1.165, 1.54) is 6.20 Å². The molecule has 0 unspecified atom stereocenters. The zero-order valence-electron chi connectivity index (χ0n) is 16.4. The number of hydrogen-bond donors (Lipinski definition) is 5.